The van der Waals surface area contributed by atoms with Gasteiger partial charge in [-0.25, -0.2) is 8.42 Å². The molecule has 1 aliphatic heterocycles. The highest BCUT2D eigenvalue weighted by atomic mass is 32.2. The van der Waals surface area contributed by atoms with Gasteiger partial charge in [-0.3, -0.25) is 4.79 Å². The maximum absolute atomic E-state index is 12.9. The summed E-state index contributed by atoms with van der Waals surface area (Å²) in [6, 6.07) is 7.30. The van der Waals surface area contributed by atoms with E-state index in [1.165, 1.54) is 15.6 Å². The van der Waals surface area contributed by atoms with Crippen molar-refractivity contribution in [1.82, 2.24) is 9.21 Å². The maximum Gasteiger partial charge on any atom is 0.264 e. The van der Waals surface area contributed by atoms with E-state index in [1.807, 2.05) is 44.4 Å². The second kappa shape index (κ2) is 6.90. The number of sulfonamides is 1. The van der Waals surface area contributed by atoms with Gasteiger partial charge in [-0.05, 0) is 49.4 Å². The molecule has 1 fully saturated rings. The van der Waals surface area contributed by atoms with Crippen LogP contribution in [0.3, 0.4) is 0 Å². The number of piperazine rings is 1. The number of amides is 1. The first-order valence-corrected chi connectivity index (χ1v) is 10.5. The molecule has 0 N–H and O–H groups in total. The van der Waals surface area contributed by atoms with E-state index in [0.29, 0.717) is 31.1 Å². The van der Waals surface area contributed by atoms with E-state index in [0.717, 1.165) is 21.6 Å². The van der Waals surface area contributed by atoms with Gasteiger partial charge in [0.15, 0.2) is 0 Å². The Morgan fingerprint density at radius 1 is 1.00 bits per heavy atom. The number of nitrogens with zero attached hydrogens (tertiary/aromatic N) is 2. The zero-order chi connectivity index (χ0) is 18.2. The largest absolute Gasteiger partial charge is 0.335 e. The van der Waals surface area contributed by atoms with E-state index in [-0.39, 0.29) is 5.91 Å². The summed E-state index contributed by atoms with van der Waals surface area (Å²) in [5.74, 6) is -0.00364. The van der Waals surface area contributed by atoms with Crippen LogP contribution < -0.4 is 0 Å². The molecule has 0 aliphatic carbocycles. The highest BCUT2D eigenvalue weighted by molar-refractivity contribution is 7.89. The van der Waals surface area contributed by atoms with Crippen LogP contribution in [0.25, 0.3) is 0 Å². The Balaban J connectivity index is 1.73. The van der Waals surface area contributed by atoms with E-state index >= 15 is 0 Å². The molecule has 1 amide bonds. The minimum absolute atomic E-state index is 0.00364. The molecular formula is C18H22N2O3S2. The molecule has 0 spiro atoms. The second-order valence-corrected chi connectivity index (χ2v) is 9.22. The van der Waals surface area contributed by atoms with Gasteiger partial charge in [0.1, 0.15) is 0 Å². The SMILES string of the molecule is Cc1ccc(S(=O)(=O)N2CCN(C(=O)c3sccc3C)CC2)c(C)c1. The Bertz CT molecular complexity index is 895. The van der Waals surface area contributed by atoms with Crippen LogP contribution in [-0.2, 0) is 10.0 Å². The van der Waals surface area contributed by atoms with Gasteiger partial charge in [0.05, 0.1) is 9.77 Å². The van der Waals surface area contributed by atoms with Crippen molar-refractivity contribution in [2.24, 2.45) is 0 Å². The lowest BCUT2D eigenvalue weighted by Gasteiger charge is -2.34. The molecule has 1 aromatic carbocycles. The molecule has 0 radical (unpaired) electrons. The van der Waals surface area contributed by atoms with Gasteiger partial charge < -0.3 is 4.90 Å². The number of thiophene rings is 1. The zero-order valence-corrected chi connectivity index (χ0v) is 16.3. The average molecular weight is 379 g/mol. The molecule has 2 heterocycles. The molecule has 7 heteroatoms. The van der Waals surface area contributed by atoms with Crippen LogP contribution in [0.2, 0.25) is 0 Å². The Morgan fingerprint density at radius 3 is 2.24 bits per heavy atom. The highest BCUT2D eigenvalue weighted by Crippen LogP contribution is 2.23. The molecule has 1 saturated heterocycles. The molecule has 25 heavy (non-hydrogen) atoms. The standard InChI is InChI=1S/C18H22N2O3S2/c1-13-4-5-16(15(3)12-13)25(22,23)20-9-7-19(8-10-20)18(21)17-14(2)6-11-24-17/h4-6,11-12H,7-10H2,1-3H3. The first-order valence-electron chi connectivity index (χ1n) is 8.21. The lowest BCUT2D eigenvalue weighted by Crippen LogP contribution is -2.50. The summed E-state index contributed by atoms with van der Waals surface area (Å²) in [4.78, 5) is 15.4. The Labute approximate surface area is 152 Å². The van der Waals surface area contributed by atoms with Crippen molar-refractivity contribution in [3.8, 4) is 0 Å². The van der Waals surface area contributed by atoms with Crippen LogP contribution in [0.4, 0.5) is 0 Å². The van der Waals surface area contributed by atoms with E-state index < -0.39 is 10.0 Å². The van der Waals surface area contributed by atoms with Gasteiger partial charge in [0.25, 0.3) is 5.91 Å². The van der Waals surface area contributed by atoms with Crippen LogP contribution in [0.1, 0.15) is 26.4 Å². The van der Waals surface area contributed by atoms with Crippen molar-refractivity contribution in [2.45, 2.75) is 25.7 Å². The summed E-state index contributed by atoms with van der Waals surface area (Å²) in [7, 11) is -3.52. The van der Waals surface area contributed by atoms with Gasteiger partial charge >= 0.3 is 0 Å². The summed E-state index contributed by atoms with van der Waals surface area (Å²) in [6.07, 6.45) is 0. The van der Waals surface area contributed by atoms with Crippen LogP contribution in [0.5, 0.6) is 0 Å². The number of hydrogen-bond acceptors (Lipinski definition) is 4. The second-order valence-electron chi connectivity index (χ2n) is 6.40. The lowest BCUT2D eigenvalue weighted by molar-refractivity contribution is 0.0702. The number of benzene rings is 1. The third-order valence-electron chi connectivity index (χ3n) is 4.53. The number of aryl methyl sites for hydroxylation is 3. The van der Waals surface area contributed by atoms with Crippen molar-refractivity contribution in [3.63, 3.8) is 0 Å². The van der Waals surface area contributed by atoms with Crippen LogP contribution >= 0.6 is 11.3 Å². The molecular weight excluding hydrogens is 356 g/mol. The molecule has 1 aromatic heterocycles. The van der Waals surface area contributed by atoms with Crippen molar-refractivity contribution >= 4 is 27.3 Å². The Kier molecular flexibility index (Phi) is 4.99. The summed E-state index contributed by atoms with van der Waals surface area (Å²) < 4.78 is 27.3. The summed E-state index contributed by atoms with van der Waals surface area (Å²) in [5, 5.41) is 1.91. The van der Waals surface area contributed by atoms with Gasteiger partial charge in [-0.15, -0.1) is 11.3 Å². The van der Waals surface area contributed by atoms with Gasteiger partial charge in [0, 0.05) is 26.2 Å². The van der Waals surface area contributed by atoms with Gasteiger partial charge in [-0.2, -0.15) is 4.31 Å². The molecule has 0 atom stereocenters. The van der Waals surface area contributed by atoms with Gasteiger partial charge in [0.2, 0.25) is 10.0 Å². The summed E-state index contributed by atoms with van der Waals surface area (Å²) >= 11 is 1.43. The summed E-state index contributed by atoms with van der Waals surface area (Å²) in [6.45, 7) is 7.17. The highest BCUT2D eigenvalue weighted by Gasteiger charge is 2.31. The Morgan fingerprint density at radius 2 is 1.68 bits per heavy atom. The molecule has 2 aromatic rings. The van der Waals surface area contributed by atoms with Gasteiger partial charge in [-0.1, -0.05) is 17.7 Å². The average Bonchev–Trinajstić information content (AvgIpc) is 3.00. The smallest absolute Gasteiger partial charge is 0.264 e. The predicted octanol–water partition coefficient (Wildman–Crippen LogP) is 2.82. The van der Waals surface area contributed by atoms with Crippen LogP contribution in [0, 0.1) is 20.8 Å². The van der Waals surface area contributed by atoms with Crippen LogP contribution in [0.15, 0.2) is 34.5 Å². The first kappa shape index (κ1) is 18.1. The van der Waals surface area contributed by atoms with E-state index in [2.05, 4.69) is 0 Å². The number of hydrogen-bond donors (Lipinski definition) is 0. The fraction of sp³-hybridized carbons (Fsp3) is 0.389. The zero-order valence-electron chi connectivity index (χ0n) is 14.7. The first-order chi connectivity index (χ1) is 11.8. The fourth-order valence-corrected chi connectivity index (χ4v) is 5.61. The molecule has 0 unspecified atom stereocenters. The summed E-state index contributed by atoms with van der Waals surface area (Å²) in [5.41, 5.74) is 2.77. The van der Waals surface area contributed by atoms with E-state index in [4.69, 9.17) is 0 Å². The molecule has 1 aliphatic rings. The van der Waals surface area contributed by atoms with E-state index in [1.54, 1.807) is 11.0 Å². The Hall–Kier alpha value is -1.70. The van der Waals surface area contributed by atoms with E-state index in [9.17, 15) is 13.2 Å². The third-order valence-corrected chi connectivity index (χ3v) is 7.59. The molecule has 5 nitrogen and oxygen atoms in total. The minimum Gasteiger partial charge on any atom is -0.335 e. The monoisotopic (exact) mass is 378 g/mol. The van der Waals surface area contributed by atoms with Crippen LogP contribution in [-0.4, -0.2) is 49.7 Å². The van der Waals surface area contributed by atoms with Crippen molar-refractivity contribution in [1.29, 1.82) is 0 Å². The minimum atomic E-state index is -3.52. The molecule has 0 bridgehead atoms. The maximum atomic E-state index is 12.9. The molecule has 134 valence electrons. The number of rotatable bonds is 3. The fourth-order valence-electron chi connectivity index (χ4n) is 3.09. The van der Waals surface area contributed by atoms with Crippen molar-refractivity contribution < 1.29 is 13.2 Å². The van der Waals surface area contributed by atoms with Crippen molar-refractivity contribution in [2.75, 3.05) is 26.2 Å². The molecule has 3 rings (SSSR count). The topological polar surface area (TPSA) is 57.7 Å². The number of carbonyl (C=O) groups excluding carboxylic acids is 1. The predicted molar refractivity (Wildman–Crippen MR) is 99.6 cm³/mol. The quantitative estimate of drug-likeness (QED) is 0.825. The molecule has 0 saturated carbocycles. The number of carbonyl (C=O) groups is 1. The lowest BCUT2D eigenvalue weighted by atomic mass is 10.2. The third kappa shape index (κ3) is 3.49. The van der Waals surface area contributed by atoms with Crippen molar-refractivity contribution in [3.05, 3.63) is 51.2 Å². The normalized spacial score (nSPS) is 16.2.